The van der Waals surface area contributed by atoms with Gasteiger partial charge in [0, 0.05) is 47.7 Å². The van der Waals surface area contributed by atoms with E-state index in [2.05, 4.69) is 14.6 Å². The van der Waals surface area contributed by atoms with E-state index in [1.54, 1.807) is 18.2 Å². The fourth-order valence-electron chi connectivity index (χ4n) is 4.47. The summed E-state index contributed by atoms with van der Waals surface area (Å²) in [5, 5.41) is 2.35. The number of nitrogens with one attached hydrogen (secondary N) is 2. The molecular weight excluding hydrogens is 390 g/mol. The summed E-state index contributed by atoms with van der Waals surface area (Å²) in [5.41, 5.74) is 2.32. The summed E-state index contributed by atoms with van der Waals surface area (Å²) >= 11 is 0. The molecule has 2 heterocycles. The molecule has 7 nitrogen and oxygen atoms in total. The number of hydrogen-bond donors (Lipinski definition) is 2. The van der Waals surface area contributed by atoms with Crippen molar-refractivity contribution in [3.8, 4) is 0 Å². The van der Waals surface area contributed by atoms with Crippen LogP contribution >= 0.6 is 0 Å². The minimum Gasteiger partial charge on any atom is -0.379 e. The highest BCUT2D eigenvalue weighted by Gasteiger charge is 2.27. The van der Waals surface area contributed by atoms with E-state index in [-0.39, 0.29) is 5.56 Å². The van der Waals surface area contributed by atoms with Crippen LogP contribution in [0.2, 0.25) is 0 Å². The van der Waals surface area contributed by atoms with E-state index in [4.69, 9.17) is 4.74 Å². The Kier molecular flexibility index (Phi) is 4.66. The summed E-state index contributed by atoms with van der Waals surface area (Å²) < 4.78 is 34.2. The first-order chi connectivity index (χ1) is 14.0. The van der Waals surface area contributed by atoms with Crippen molar-refractivity contribution in [2.75, 3.05) is 39.4 Å². The van der Waals surface area contributed by atoms with E-state index in [1.807, 2.05) is 12.1 Å². The van der Waals surface area contributed by atoms with Gasteiger partial charge in [0.05, 0.1) is 18.1 Å². The van der Waals surface area contributed by atoms with Crippen molar-refractivity contribution in [3.05, 3.63) is 51.8 Å². The van der Waals surface area contributed by atoms with Gasteiger partial charge in [0.15, 0.2) is 0 Å². The third-order valence-corrected chi connectivity index (χ3v) is 7.41. The third-order valence-electron chi connectivity index (χ3n) is 5.87. The highest BCUT2D eigenvalue weighted by atomic mass is 32.2. The first kappa shape index (κ1) is 18.7. The summed E-state index contributed by atoms with van der Waals surface area (Å²) in [6.45, 7) is 4.52. The number of hydrogen-bond acceptors (Lipinski definition) is 5. The summed E-state index contributed by atoms with van der Waals surface area (Å²) in [6, 6.07) is 8.91. The second-order valence-electron chi connectivity index (χ2n) is 7.64. The van der Waals surface area contributed by atoms with Gasteiger partial charge in [-0.05, 0) is 42.3 Å². The molecule has 3 aromatic rings. The van der Waals surface area contributed by atoms with Gasteiger partial charge in [-0.1, -0.05) is 12.1 Å². The Morgan fingerprint density at radius 2 is 1.93 bits per heavy atom. The second kappa shape index (κ2) is 7.21. The van der Waals surface area contributed by atoms with Gasteiger partial charge in [-0.25, -0.2) is 13.1 Å². The largest absolute Gasteiger partial charge is 0.379 e. The Morgan fingerprint density at radius 1 is 1.10 bits per heavy atom. The maximum atomic E-state index is 13.0. The third kappa shape index (κ3) is 3.26. The van der Waals surface area contributed by atoms with Crippen molar-refractivity contribution in [3.63, 3.8) is 0 Å². The molecule has 1 aliphatic heterocycles. The molecular formula is C21H23N3O4S. The van der Waals surface area contributed by atoms with Gasteiger partial charge in [-0.3, -0.25) is 9.69 Å². The van der Waals surface area contributed by atoms with E-state index >= 15 is 0 Å². The van der Waals surface area contributed by atoms with Crippen LogP contribution in [0.1, 0.15) is 17.5 Å². The maximum absolute atomic E-state index is 13.0. The molecule has 1 aromatic heterocycles. The van der Waals surface area contributed by atoms with E-state index in [0.29, 0.717) is 28.8 Å². The van der Waals surface area contributed by atoms with Crippen LogP contribution in [0.25, 0.3) is 21.7 Å². The van der Waals surface area contributed by atoms with Crippen LogP contribution in [0.15, 0.2) is 40.0 Å². The smallest absolute Gasteiger partial charge is 0.256 e. The molecule has 1 fully saturated rings. The van der Waals surface area contributed by atoms with Crippen molar-refractivity contribution in [2.24, 2.45) is 0 Å². The number of morpholine rings is 1. The molecule has 2 aliphatic rings. The Bertz CT molecular complexity index is 1260. The van der Waals surface area contributed by atoms with Gasteiger partial charge in [0.25, 0.3) is 5.56 Å². The Labute approximate surface area is 168 Å². The molecule has 2 aromatic carbocycles. The molecule has 0 bridgehead atoms. The normalized spacial score (nSPS) is 17.0. The second-order valence-corrected chi connectivity index (χ2v) is 9.38. The Balaban J connectivity index is 1.42. The van der Waals surface area contributed by atoms with Gasteiger partial charge >= 0.3 is 0 Å². The van der Waals surface area contributed by atoms with Crippen LogP contribution in [-0.4, -0.2) is 57.7 Å². The lowest BCUT2D eigenvalue weighted by Gasteiger charge is -2.26. The SMILES string of the molecule is O=c1[nH]c2ccc(S(=O)(=O)NCCCN3CCOCC3)c3c2c2c(cccc12)C3. The quantitative estimate of drug-likeness (QED) is 0.370. The predicted molar refractivity (Wildman–Crippen MR) is 112 cm³/mol. The number of pyridine rings is 1. The van der Waals surface area contributed by atoms with E-state index in [9.17, 15) is 13.2 Å². The first-order valence-corrected chi connectivity index (χ1v) is 11.4. The van der Waals surface area contributed by atoms with E-state index < -0.39 is 10.0 Å². The zero-order valence-electron chi connectivity index (χ0n) is 16.0. The lowest BCUT2D eigenvalue weighted by Crippen LogP contribution is -2.38. The van der Waals surface area contributed by atoms with Gasteiger partial charge in [0.1, 0.15) is 0 Å². The molecule has 0 saturated carbocycles. The minimum atomic E-state index is -3.63. The van der Waals surface area contributed by atoms with Crippen LogP contribution in [-0.2, 0) is 21.2 Å². The number of benzene rings is 2. The summed E-state index contributed by atoms with van der Waals surface area (Å²) in [6.07, 6.45) is 1.27. The Morgan fingerprint density at radius 3 is 2.76 bits per heavy atom. The molecule has 29 heavy (non-hydrogen) atoms. The molecule has 0 spiro atoms. The van der Waals surface area contributed by atoms with Crippen LogP contribution < -0.4 is 10.3 Å². The first-order valence-electron chi connectivity index (χ1n) is 9.94. The topological polar surface area (TPSA) is 91.5 Å². The lowest BCUT2D eigenvalue weighted by atomic mass is 10.1. The number of rotatable bonds is 6. The number of nitrogens with zero attached hydrogens (tertiary/aromatic N) is 1. The molecule has 0 unspecified atom stereocenters. The fourth-order valence-corrected chi connectivity index (χ4v) is 5.78. The molecule has 5 rings (SSSR count). The number of aromatic amines is 1. The lowest BCUT2D eigenvalue weighted by molar-refractivity contribution is 0.0376. The monoisotopic (exact) mass is 413 g/mol. The van der Waals surface area contributed by atoms with E-state index in [1.165, 1.54) is 0 Å². The van der Waals surface area contributed by atoms with Crippen molar-refractivity contribution in [2.45, 2.75) is 17.7 Å². The number of H-pyrrole nitrogens is 1. The van der Waals surface area contributed by atoms with Crippen LogP contribution in [0.4, 0.5) is 0 Å². The zero-order valence-corrected chi connectivity index (χ0v) is 16.8. The van der Waals surface area contributed by atoms with Crippen molar-refractivity contribution in [1.82, 2.24) is 14.6 Å². The average molecular weight is 413 g/mol. The maximum Gasteiger partial charge on any atom is 0.256 e. The molecule has 2 N–H and O–H groups in total. The standard InChI is InChI=1S/C21H23N3O4S/c25-21-15-4-1-3-14-13-16-18(6-5-17(23-21)20(16)19(14)15)29(26,27)22-7-2-8-24-9-11-28-12-10-24/h1,3-6,22H,2,7-13H2,(H,23,25). The van der Waals surface area contributed by atoms with Crippen molar-refractivity contribution in [1.29, 1.82) is 0 Å². The molecule has 1 saturated heterocycles. The van der Waals surface area contributed by atoms with Crippen molar-refractivity contribution < 1.29 is 13.2 Å². The van der Waals surface area contributed by atoms with Crippen LogP contribution in [0.3, 0.4) is 0 Å². The molecule has 1 aliphatic carbocycles. The summed E-state index contributed by atoms with van der Waals surface area (Å²) in [4.78, 5) is 17.8. The van der Waals surface area contributed by atoms with Gasteiger partial charge in [-0.15, -0.1) is 0 Å². The number of aromatic nitrogens is 1. The highest BCUT2D eigenvalue weighted by molar-refractivity contribution is 7.89. The number of sulfonamides is 1. The Hall–Kier alpha value is -2.26. The molecule has 0 amide bonds. The molecule has 152 valence electrons. The molecule has 0 atom stereocenters. The van der Waals surface area contributed by atoms with E-state index in [0.717, 1.165) is 61.2 Å². The fraction of sp³-hybridized carbons (Fsp3) is 0.381. The van der Waals surface area contributed by atoms with Crippen LogP contribution in [0.5, 0.6) is 0 Å². The van der Waals surface area contributed by atoms with Gasteiger partial charge < -0.3 is 9.72 Å². The summed E-state index contributed by atoms with van der Waals surface area (Å²) in [7, 11) is -3.63. The zero-order chi connectivity index (χ0) is 20.0. The van der Waals surface area contributed by atoms with Gasteiger partial charge in [0.2, 0.25) is 10.0 Å². The highest BCUT2D eigenvalue weighted by Crippen LogP contribution is 2.38. The molecule has 0 radical (unpaired) electrons. The minimum absolute atomic E-state index is 0.140. The molecule has 8 heteroatoms. The average Bonchev–Trinajstić information content (AvgIpc) is 3.11. The van der Waals surface area contributed by atoms with Gasteiger partial charge in [-0.2, -0.15) is 0 Å². The number of ether oxygens (including phenoxy) is 1. The summed E-state index contributed by atoms with van der Waals surface area (Å²) in [5.74, 6) is 0. The predicted octanol–water partition coefficient (Wildman–Crippen LogP) is 1.59. The van der Waals surface area contributed by atoms with Crippen molar-refractivity contribution >= 4 is 31.7 Å². The van der Waals surface area contributed by atoms with Crippen LogP contribution in [0, 0.1) is 0 Å².